The summed E-state index contributed by atoms with van der Waals surface area (Å²) in [5, 5.41) is 2.14. The van der Waals surface area contributed by atoms with Gasteiger partial charge in [-0.3, -0.25) is 9.59 Å². The average molecular weight is 314 g/mol. The molecule has 3 rings (SSSR count). The van der Waals surface area contributed by atoms with E-state index in [0.29, 0.717) is 15.8 Å². The molecule has 3 aromatic rings. The van der Waals surface area contributed by atoms with E-state index in [4.69, 9.17) is 9.15 Å². The molecule has 0 radical (unpaired) electrons. The second-order valence-corrected chi connectivity index (χ2v) is 5.40. The third kappa shape index (κ3) is 2.82. The number of carbonyl (C=O) groups is 2. The summed E-state index contributed by atoms with van der Waals surface area (Å²) in [6.45, 7) is -0.393. The molecule has 5 nitrogen and oxygen atoms in total. The van der Waals surface area contributed by atoms with Crippen molar-refractivity contribution in [2.24, 2.45) is 0 Å². The normalized spacial score (nSPS) is 10.5. The number of carbonyl (C=O) groups excluding carboxylic acids is 2. The zero-order valence-corrected chi connectivity index (χ0v) is 12.1. The first kappa shape index (κ1) is 14.2. The van der Waals surface area contributed by atoms with E-state index in [0.717, 1.165) is 6.07 Å². The molecule has 0 unspecified atom stereocenters. The largest absolute Gasteiger partial charge is 0.451 e. The van der Waals surface area contributed by atoms with Crippen molar-refractivity contribution in [3.05, 3.63) is 68.7 Å². The lowest BCUT2D eigenvalue weighted by molar-refractivity contribution is 0.0445. The average Bonchev–Trinajstić information content (AvgIpc) is 3.06. The fraction of sp³-hybridized carbons (Fsp3) is 0.0625. The maximum Gasteiger partial charge on any atom is 0.374 e. The first-order chi connectivity index (χ1) is 10.6. The third-order valence-corrected chi connectivity index (χ3v) is 3.88. The molecule has 0 saturated carbocycles. The van der Waals surface area contributed by atoms with Crippen molar-refractivity contribution in [3.8, 4) is 0 Å². The fourth-order valence-corrected chi connectivity index (χ4v) is 2.57. The van der Waals surface area contributed by atoms with Gasteiger partial charge in [-0.1, -0.05) is 18.2 Å². The first-order valence-corrected chi connectivity index (χ1v) is 7.30. The topological polar surface area (TPSA) is 73.6 Å². The molecule has 0 fully saturated rings. The van der Waals surface area contributed by atoms with Crippen LogP contribution in [0.3, 0.4) is 0 Å². The molecule has 0 N–H and O–H groups in total. The monoisotopic (exact) mass is 314 g/mol. The standard InChI is InChI=1S/C16H10O5S/c17-11-8-14(21-13-5-2-1-4-10(11)13)16(19)20-9-12(18)15-6-3-7-22-15/h1-8H,9H2. The molecule has 0 aliphatic rings. The van der Waals surface area contributed by atoms with Gasteiger partial charge >= 0.3 is 5.97 Å². The molecule has 0 aliphatic heterocycles. The van der Waals surface area contributed by atoms with E-state index in [1.54, 1.807) is 41.8 Å². The van der Waals surface area contributed by atoms with Crippen molar-refractivity contribution in [2.45, 2.75) is 0 Å². The van der Waals surface area contributed by atoms with E-state index < -0.39 is 12.6 Å². The Bertz CT molecular complexity index is 892. The van der Waals surface area contributed by atoms with Gasteiger partial charge in [0.15, 0.2) is 12.0 Å². The van der Waals surface area contributed by atoms with Crippen molar-refractivity contribution in [3.63, 3.8) is 0 Å². The van der Waals surface area contributed by atoms with Crippen LogP contribution in [0.15, 0.2) is 57.1 Å². The summed E-state index contributed by atoms with van der Waals surface area (Å²) in [6.07, 6.45) is 0. The molecule has 22 heavy (non-hydrogen) atoms. The smallest absolute Gasteiger partial charge is 0.374 e. The van der Waals surface area contributed by atoms with Gasteiger partial charge in [0.2, 0.25) is 11.5 Å². The predicted molar refractivity (Wildman–Crippen MR) is 81.4 cm³/mol. The minimum Gasteiger partial charge on any atom is -0.451 e. The molecule has 1 aromatic carbocycles. The molecule has 110 valence electrons. The van der Waals surface area contributed by atoms with E-state index in [1.165, 1.54) is 11.3 Å². The Hall–Kier alpha value is -2.73. The zero-order valence-electron chi connectivity index (χ0n) is 11.3. The maximum atomic E-state index is 11.9. The predicted octanol–water partition coefficient (Wildman–Crippen LogP) is 2.89. The summed E-state index contributed by atoms with van der Waals surface area (Å²) in [6, 6.07) is 11.1. The molecule has 0 bridgehead atoms. The van der Waals surface area contributed by atoms with Crippen LogP contribution >= 0.6 is 11.3 Å². The van der Waals surface area contributed by atoms with E-state index >= 15 is 0 Å². The lowest BCUT2D eigenvalue weighted by Crippen LogP contribution is -2.15. The van der Waals surface area contributed by atoms with Crippen LogP contribution in [0.5, 0.6) is 0 Å². The van der Waals surface area contributed by atoms with E-state index in [1.807, 2.05) is 0 Å². The van der Waals surface area contributed by atoms with Crippen LogP contribution in [-0.4, -0.2) is 18.4 Å². The third-order valence-electron chi connectivity index (χ3n) is 2.97. The quantitative estimate of drug-likeness (QED) is 0.547. The van der Waals surface area contributed by atoms with Crippen molar-refractivity contribution in [2.75, 3.05) is 6.61 Å². The highest BCUT2D eigenvalue weighted by atomic mass is 32.1. The minimum absolute atomic E-state index is 0.220. The Kier molecular flexibility index (Phi) is 3.84. The number of ketones is 1. The van der Waals surface area contributed by atoms with Gasteiger partial charge in [-0.05, 0) is 23.6 Å². The Balaban J connectivity index is 1.78. The van der Waals surface area contributed by atoms with Gasteiger partial charge in [0.05, 0.1) is 10.3 Å². The molecular formula is C16H10O5S. The van der Waals surface area contributed by atoms with Crippen LogP contribution in [0.25, 0.3) is 11.0 Å². The lowest BCUT2D eigenvalue weighted by Gasteiger charge is -2.03. The lowest BCUT2D eigenvalue weighted by atomic mass is 10.2. The van der Waals surface area contributed by atoms with Crippen molar-refractivity contribution >= 4 is 34.1 Å². The van der Waals surface area contributed by atoms with Crippen LogP contribution in [0.1, 0.15) is 20.2 Å². The number of rotatable bonds is 4. The van der Waals surface area contributed by atoms with Crippen LogP contribution in [0.4, 0.5) is 0 Å². The summed E-state index contributed by atoms with van der Waals surface area (Å²) in [4.78, 5) is 36.1. The van der Waals surface area contributed by atoms with Gasteiger partial charge in [-0.2, -0.15) is 0 Å². The number of ether oxygens (including phenoxy) is 1. The Morgan fingerprint density at radius 1 is 1.14 bits per heavy atom. The number of esters is 1. The molecule has 0 amide bonds. The van der Waals surface area contributed by atoms with Gasteiger partial charge in [-0.25, -0.2) is 4.79 Å². The van der Waals surface area contributed by atoms with E-state index in [2.05, 4.69) is 0 Å². The first-order valence-electron chi connectivity index (χ1n) is 6.42. The molecule has 6 heteroatoms. The van der Waals surface area contributed by atoms with Gasteiger partial charge in [0, 0.05) is 6.07 Å². The number of hydrogen-bond donors (Lipinski definition) is 0. The van der Waals surface area contributed by atoms with Gasteiger partial charge in [-0.15, -0.1) is 11.3 Å². The molecular weight excluding hydrogens is 304 g/mol. The Morgan fingerprint density at radius 2 is 1.95 bits per heavy atom. The Labute approximate surface area is 128 Å². The highest BCUT2D eigenvalue weighted by Gasteiger charge is 2.16. The number of para-hydroxylation sites is 1. The molecule has 0 saturated heterocycles. The van der Waals surface area contributed by atoms with Gasteiger partial charge in [0.25, 0.3) is 0 Å². The van der Waals surface area contributed by atoms with Gasteiger partial charge in [0.1, 0.15) is 5.58 Å². The summed E-state index contributed by atoms with van der Waals surface area (Å²) in [5.41, 5.74) is -0.0371. The van der Waals surface area contributed by atoms with Crippen molar-refractivity contribution in [1.82, 2.24) is 0 Å². The SMILES string of the molecule is O=C(OCC(=O)c1cccs1)c1cc(=O)c2ccccc2o1. The van der Waals surface area contributed by atoms with E-state index in [9.17, 15) is 14.4 Å². The summed E-state index contributed by atoms with van der Waals surface area (Å²) in [5.74, 6) is -1.36. The Morgan fingerprint density at radius 3 is 2.73 bits per heavy atom. The highest BCUT2D eigenvalue weighted by Crippen LogP contribution is 2.13. The number of hydrogen-bond acceptors (Lipinski definition) is 6. The van der Waals surface area contributed by atoms with Crippen LogP contribution in [0.2, 0.25) is 0 Å². The molecule has 2 heterocycles. The van der Waals surface area contributed by atoms with E-state index in [-0.39, 0.29) is 17.0 Å². The highest BCUT2D eigenvalue weighted by molar-refractivity contribution is 7.12. The summed E-state index contributed by atoms with van der Waals surface area (Å²) in [7, 11) is 0. The number of thiophene rings is 1. The molecule has 0 atom stereocenters. The molecule has 2 aromatic heterocycles. The number of fused-ring (bicyclic) bond motifs is 1. The number of benzene rings is 1. The molecule has 0 aliphatic carbocycles. The number of Topliss-reactive ketones (excluding diaryl/α,β-unsaturated/α-hetero) is 1. The van der Waals surface area contributed by atoms with Crippen molar-refractivity contribution < 1.29 is 18.7 Å². The summed E-state index contributed by atoms with van der Waals surface area (Å²) >= 11 is 1.27. The zero-order chi connectivity index (χ0) is 15.5. The van der Waals surface area contributed by atoms with Crippen LogP contribution in [0, 0.1) is 0 Å². The second-order valence-electron chi connectivity index (χ2n) is 4.45. The minimum atomic E-state index is -0.840. The second kappa shape index (κ2) is 5.95. The summed E-state index contributed by atoms with van der Waals surface area (Å²) < 4.78 is 10.2. The fourth-order valence-electron chi connectivity index (χ4n) is 1.92. The van der Waals surface area contributed by atoms with Gasteiger partial charge < -0.3 is 9.15 Å². The molecule has 0 spiro atoms. The van der Waals surface area contributed by atoms with Crippen LogP contribution in [-0.2, 0) is 4.74 Å². The van der Waals surface area contributed by atoms with Crippen LogP contribution < -0.4 is 5.43 Å². The van der Waals surface area contributed by atoms with Crippen molar-refractivity contribution in [1.29, 1.82) is 0 Å². The maximum absolute atomic E-state index is 11.9.